The van der Waals surface area contributed by atoms with Crippen LogP contribution in [0.1, 0.15) is 17.2 Å². The fourth-order valence-corrected chi connectivity index (χ4v) is 2.53. The van der Waals surface area contributed by atoms with E-state index in [0.29, 0.717) is 20.6 Å². The van der Waals surface area contributed by atoms with E-state index in [4.69, 9.17) is 17.3 Å². The Hall–Kier alpha value is -0.900. The van der Waals surface area contributed by atoms with E-state index in [2.05, 4.69) is 15.9 Å². The first-order valence-corrected chi connectivity index (χ1v) is 6.22. The van der Waals surface area contributed by atoms with Crippen LogP contribution in [0.3, 0.4) is 0 Å². The summed E-state index contributed by atoms with van der Waals surface area (Å²) in [5.74, 6) is -0.341. The van der Waals surface area contributed by atoms with Gasteiger partial charge in [0.1, 0.15) is 5.82 Å². The van der Waals surface area contributed by atoms with Crippen LogP contribution in [0.15, 0.2) is 46.9 Å². The van der Waals surface area contributed by atoms with Crippen LogP contribution >= 0.6 is 27.5 Å². The molecule has 0 heterocycles. The smallest absolute Gasteiger partial charge is 0.129 e. The first kappa shape index (κ1) is 12.6. The Bertz CT molecular complexity index is 524. The molecule has 0 aliphatic carbocycles. The molecule has 2 aromatic carbocycles. The molecule has 17 heavy (non-hydrogen) atoms. The molecule has 2 rings (SSSR count). The van der Waals surface area contributed by atoms with Gasteiger partial charge in [0.15, 0.2) is 0 Å². The molecule has 1 unspecified atom stereocenters. The van der Waals surface area contributed by atoms with Crippen molar-refractivity contribution in [1.82, 2.24) is 0 Å². The predicted molar refractivity (Wildman–Crippen MR) is 71.6 cm³/mol. The molecule has 0 radical (unpaired) electrons. The van der Waals surface area contributed by atoms with Crippen LogP contribution < -0.4 is 5.73 Å². The zero-order chi connectivity index (χ0) is 12.4. The Morgan fingerprint density at radius 1 is 1.12 bits per heavy atom. The van der Waals surface area contributed by atoms with Crippen molar-refractivity contribution in [3.63, 3.8) is 0 Å². The highest BCUT2D eigenvalue weighted by atomic mass is 79.9. The third-order valence-electron chi connectivity index (χ3n) is 2.55. The van der Waals surface area contributed by atoms with Gasteiger partial charge in [-0.1, -0.05) is 51.8 Å². The van der Waals surface area contributed by atoms with Crippen LogP contribution in [0.4, 0.5) is 4.39 Å². The topological polar surface area (TPSA) is 26.0 Å². The molecule has 0 aromatic heterocycles. The lowest BCUT2D eigenvalue weighted by Gasteiger charge is -2.16. The van der Waals surface area contributed by atoms with Gasteiger partial charge in [-0.2, -0.15) is 0 Å². The second-order valence-electron chi connectivity index (χ2n) is 3.63. The summed E-state index contributed by atoms with van der Waals surface area (Å²) in [7, 11) is 0. The lowest BCUT2D eigenvalue weighted by molar-refractivity contribution is 0.598. The maximum Gasteiger partial charge on any atom is 0.129 e. The van der Waals surface area contributed by atoms with Crippen LogP contribution in [0.5, 0.6) is 0 Å². The van der Waals surface area contributed by atoms with Gasteiger partial charge < -0.3 is 5.73 Å². The number of benzene rings is 2. The predicted octanol–water partition coefficient (Wildman–Crippen LogP) is 4.29. The van der Waals surface area contributed by atoms with Gasteiger partial charge in [0.25, 0.3) is 0 Å². The molecule has 88 valence electrons. The summed E-state index contributed by atoms with van der Waals surface area (Å²) in [5.41, 5.74) is 7.19. The summed E-state index contributed by atoms with van der Waals surface area (Å²) in [6.07, 6.45) is 0. The Morgan fingerprint density at radius 3 is 2.47 bits per heavy atom. The average molecular weight is 315 g/mol. The molecular formula is C13H10BrClFN. The van der Waals surface area contributed by atoms with Gasteiger partial charge in [-0.3, -0.25) is 0 Å². The quantitative estimate of drug-likeness (QED) is 0.879. The fourth-order valence-electron chi connectivity index (χ4n) is 1.69. The zero-order valence-electron chi connectivity index (χ0n) is 8.83. The van der Waals surface area contributed by atoms with Crippen LogP contribution in [-0.2, 0) is 0 Å². The van der Waals surface area contributed by atoms with E-state index in [1.54, 1.807) is 24.3 Å². The lowest BCUT2D eigenvalue weighted by Crippen LogP contribution is -2.14. The Labute approximate surface area is 113 Å². The Balaban J connectivity index is 2.51. The summed E-state index contributed by atoms with van der Waals surface area (Å²) < 4.78 is 14.4. The highest BCUT2D eigenvalue weighted by Crippen LogP contribution is 2.32. The number of hydrogen-bond acceptors (Lipinski definition) is 1. The number of halogens is 3. The number of hydrogen-bond donors (Lipinski definition) is 1. The second kappa shape index (κ2) is 5.17. The Kier molecular flexibility index (Phi) is 3.82. The van der Waals surface area contributed by atoms with Gasteiger partial charge in [0.05, 0.1) is 6.04 Å². The van der Waals surface area contributed by atoms with E-state index < -0.39 is 6.04 Å². The van der Waals surface area contributed by atoms with E-state index in [-0.39, 0.29) is 5.82 Å². The van der Waals surface area contributed by atoms with Crippen molar-refractivity contribution in [3.05, 3.63) is 68.9 Å². The maximum atomic E-state index is 13.8. The normalized spacial score (nSPS) is 12.5. The largest absolute Gasteiger partial charge is 0.320 e. The molecule has 0 bridgehead atoms. The molecule has 0 aliphatic rings. The summed E-state index contributed by atoms with van der Waals surface area (Å²) in [6, 6.07) is 11.4. The zero-order valence-corrected chi connectivity index (χ0v) is 11.2. The molecule has 0 spiro atoms. The van der Waals surface area contributed by atoms with Crippen molar-refractivity contribution in [3.8, 4) is 0 Å². The average Bonchev–Trinajstić information content (AvgIpc) is 2.29. The van der Waals surface area contributed by atoms with Gasteiger partial charge in [0, 0.05) is 15.1 Å². The molecule has 0 aliphatic heterocycles. The summed E-state index contributed by atoms with van der Waals surface area (Å²) in [4.78, 5) is 0. The summed E-state index contributed by atoms with van der Waals surface area (Å²) >= 11 is 9.36. The molecule has 1 nitrogen and oxygen atoms in total. The van der Waals surface area contributed by atoms with Gasteiger partial charge in [-0.25, -0.2) is 4.39 Å². The molecule has 0 saturated heterocycles. The highest BCUT2D eigenvalue weighted by molar-refractivity contribution is 9.10. The molecule has 4 heteroatoms. The summed E-state index contributed by atoms with van der Waals surface area (Å²) in [6.45, 7) is 0. The molecule has 0 saturated carbocycles. The lowest BCUT2D eigenvalue weighted by atomic mass is 9.99. The first-order chi connectivity index (χ1) is 8.11. The maximum absolute atomic E-state index is 13.8. The molecule has 1 atom stereocenters. The van der Waals surface area contributed by atoms with Crippen molar-refractivity contribution in [2.45, 2.75) is 6.04 Å². The van der Waals surface area contributed by atoms with Crippen molar-refractivity contribution < 1.29 is 4.39 Å². The SMILES string of the molecule is NC(c1ccccc1Cl)c1c(F)cccc1Br. The summed E-state index contributed by atoms with van der Waals surface area (Å²) in [5, 5.41) is 0.537. The van der Waals surface area contributed by atoms with E-state index in [9.17, 15) is 4.39 Å². The molecule has 0 fully saturated rings. The fraction of sp³-hybridized carbons (Fsp3) is 0.0769. The van der Waals surface area contributed by atoms with Crippen molar-refractivity contribution >= 4 is 27.5 Å². The second-order valence-corrected chi connectivity index (χ2v) is 4.90. The molecular weight excluding hydrogens is 305 g/mol. The molecule has 2 aromatic rings. The van der Waals surface area contributed by atoms with Crippen molar-refractivity contribution in [2.75, 3.05) is 0 Å². The van der Waals surface area contributed by atoms with Gasteiger partial charge in [-0.15, -0.1) is 0 Å². The van der Waals surface area contributed by atoms with Gasteiger partial charge in [0.2, 0.25) is 0 Å². The Morgan fingerprint density at radius 2 is 1.82 bits per heavy atom. The van der Waals surface area contributed by atoms with Gasteiger partial charge in [-0.05, 0) is 23.8 Å². The molecule has 2 N–H and O–H groups in total. The van der Waals surface area contributed by atoms with Crippen LogP contribution in [0.2, 0.25) is 5.02 Å². The monoisotopic (exact) mass is 313 g/mol. The van der Waals surface area contributed by atoms with Gasteiger partial charge >= 0.3 is 0 Å². The van der Waals surface area contributed by atoms with Crippen molar-refractivity contribution in [2.24, 2.45) is 5.73 Å². The van der Waals surface area contributed by atoms with Crippen LogP contribution in [0, 0.1) is 5.82 Å². The first-order valence-electron chi connectivity index (χ1n) is 5.05. The molecule has 0 amide bonds. The van der Waals surface area contributed by atoms with E-state index in [1.807, 2.05) is 12.1 Å². The third kappa shape index (κ3) is 2.51. The number of rotatable bonds is 2. The van der Waals surface area contributed by atoms with Crippen molar-refractivity contribution in [1.29, 1.82) is 0 Å². The number of nitrogens with two attached hydrogens (primary N) is 1. The van der Waals surface area contributed by atoms with E-state index >= 15 is 0 Å². The van der Waals surface area contributed by atoms with Crippen LogP contribution in [0.25, 0.3) is 0 Å². The standard InChI is InChI=1S/C13H10BrClFN/c14-9-5-3-7-11(16)12(9)13(17)8-4-1-2-6-10(8)15/h1-7,13H,17H2. The van der Waals surface area contributed by atoms with E-state index in [1.165, 1.54) is 6.07 Å². The third-order valence-corrected chi connectivity index (χ3v) is 3.59. The van der Waals surface area contributed by atoms with E-state index in [0.717, 1.165) is 0 Å². The highest BCUT2D eigenvalue weighted by Gasteiger charge is 2.18. The van der Waals surface area contributed by atoms with Crippen LogP contribution in [-0.4, -0.2) is 0 Å². The minimum Gasteiger partial charge on any atom is -0.320 e. The minimum absolute atomic E-state index is 0.341. The minimum atomic E-state index is -0.584.